The molecule has 1 saturated carbocycles. The molecule has 1 fully saturated rings. The molecule has 1 nitrogen and oxygen atoms in total. The van der Waals surface area contributed by atoms with E-state index in [-0.39, 0.29) is 5.54 Å². The fourth-order valence-electron chi connectivity index (χ4n) is 2.02. The van der Waals surface area contributed by atoms with Crippen molar-refractivity contribution in [3.05, 3.63) is 0 Å². The van der Waals surface area contributed by atoms with Gasteiger partial charge >= 0.3 is 0 Å². The Bertz CT molecular complexity index is 153. The largest absolute Gasteiger partial charge is 0.326 e. The Morgan fingerprint density at radius 3 is 1.82 bits per heavy atom. The molecule has 11 heavy (non-hydrogen) atoms. The Hall–Kier alpha value is -0.0400. The maximum absolute atomic E-state index is 5.96. The second-order valence-corrected chi connectivity index (χ2v) is 5.41. The van der Waals surface area contributed by atoms with Crippen molar-refractivity contribution in [3.63, 3.8) is 0 Å². The highest BCUT2D eigenvalue weighted by Gasteiger charge is 2.54. The summed E-state index contributed by atoms with van der Waals surface area (Å²) in [5.74, 6) is 1.72. The van der Waals surface area contributed by atoms with Gasteiger partial charge in [0.2, 0.25) is 0 Å². The van der Waals surface area contributed by atoms with Crippen molar-refractivity contribution >= 4 is 0 Å². The summed E-state index contributed by atoms with van der Waals surface area (Å²) in [6, 6.07) is 0. The number of nitrogens with two attached hydrogens (primary N) is 1. The second kappa shape index (κ2) is 2.22. The normalized spacial score (nSPS) is 35.5. The van der Waals surface area contributed by atoms with E-state index in [0.717, 1.165) is 11.8 Å². The van der Waals surface area contributed by atoms with E-state index < -0.39 is 0 Å². The van der Waals surface area contributed by atoms with Crippen LogP contribution in [-0.2, 0) is 0 Å². The van der Waals surface area contributed by atoms with Crippen LogP contribution in [-0.4, -0.2) is 5.54 Å². The highest BCUT2D eigenvalue weighted by molar-refractivity contribution is 5.04. The van der Waals surface area contributed by atoms with Crippen molar-refractivity contribution in [2.24, 2.45) is 23.0 Å². The lowest BCUT2D eigenvalue weighted by molar-refractivity contribution is 0.403. The van der Waals surface area contributed by atoms with Crippen molar-refractivity contribution in [1.82, 2.24) is 0 Å². The highest BCUT2D eigenvalue weighted by Crippen LogP contribution is 2.60. The third-order valence-electron chi connectivity index (χ3n) is 3.37. The van der Waals surface area contributed by atoms with Gasteiger partial charge in [0.25, 0.3) is 0 Å². The van der Waals surface area contributed by atoms with Crippen LogP contribution >= 0.6 is 0 Å². The molecule has 1 heteroatoms. The van der Waals surface area contributed by atoms with Gasteiger partial charge in [0, 0.05) is 5.54 Å². The van der Waals surface area contributed by atoms with Gasteiger partial charge in [-0.2, -0.15) is 0 Å². The lowest BCUT2D eigenvalue weighted by Gasteiger charge is -2.18. The average Bonchev–Trinajstić information content (AvgIpc) is 2.14. The zero-order valence-electron chi connectivity index (χ0n) is 8.44. The van der Waals surface area contributed by atoms with Gasteiger partial charge < -0.3 is 5.73 Å². The third kappa shape index (κ3) is 1.76. The highest BCUT2D eigenvalue weighted by atomic mass is 14.7. The molecule has 1 aliphatic carbocycles. The first-order valence-electron chi connectivity index (χ1n) is 4.54. The summed E-state index contributed by atoms with van der Waals surface area (Å²) in [5, 5.41) is 0. The molecule has 0 bridgehead atoms. The smallest absolute Gasteiger partial charge is 0.01000 e. The molecule has 2 N–H and O–H groups in total. The molecule has 66 valence electrons. The fraction of sp³-hybridized carbons (Fsp3) is 1.00. The van der Waals surface area contributed by atoms with Crippen LogP contribution in [0.5, 0.6) is 0 Å². The van der Waals surface area contributed by atoms with Crippen LogP contribution in [0.2, 0.25) is 0 Å². The van der Waals surface area contributed by atoms with Crippen molar-refractivity contribution in [3.8, 4) is 0 Å². The summed E-state index contributed by atoms with van der Waals surface area (Å²) >= 11 is 0. The quantitative estimate of drug-likeness (QED) is 0.651. The maximum Gasteiger partial charge on any atom is 0.01000 e. The van der Waals surface area contributed by atoms with Gasteiger partial charge in [-0.3, -0.25) is 0 Å². The van der Waals surface area contributed by atoms with Crippen LogP contribution in [0.1, 0.15) is 41.0 Å². The van der Waals surface area contributed by atoms with Crippen molar-refractivity contribution in [2.45, 2.75) is 46.6 Å². The summed E-state index contributed by atoms with van der Waals surface area (Å²) in [4.78, 5) is 0. The molecular formula is C10H21N. The topological polar surface area (TPSA) is 26.0 Å². The summed E-state index contributed by atoms with van der Waals surface area (Å²) in [6.45, 7) is 11.3. The van der Waals surface area contributed by atoms with Gasteiger partial charge in [-0.1, -0.05) is 20.8 Å². The molecule has 0 aliphatic heterocycles. The van der Waals surface area contributed by atoms with Crippen LogP contribution in [0.4, 0.5) is 0 Å². The molecule has 2 atom stereocenters. The molecule has 0 aromatic rings. The van der Waals surface area contributed by atoms with Crippen molar-refractivity contribution in [1.29, 1.82) is 0 Å². The zero-order chi connectivity index (χ0) is 8.86. The van der Waals surface area contributed by atoms with E-state index in [2.05, 4.69) is 34.6 Å². The van der Waals surface area contributed by atoms with Crippen molar-refractivity contribution < 1.29 is 0 Å². The molecule has 0 radical (unpaired) electrons. The minimum Gasteiger partial charge on any atom is -0.326 e. The van der Waals surface area contributed by atoms with E-state index in [4.69, 9.17) is 5.73 Å². The minimum absolute atomic E-state index is 0.0205. The monoisotopic (exact) mass is 155 g/mol. The van der Waals surface area contributed by atoms with Crippen molar-refractivity contribution in [2.75, 3.05) is 0 Å². The van der Waals surface area contributed by atoms with E-state index >= 15 is 0 Å². The van der Waals surface area contributed by atoms with Crippen LogP contribution in [0.3, 0.4) is 0 Å². The Morgan fingerprint density at radius 1 is 1.36 bits per heavy atom. The van der Waals surface area contributed by atoms with Gasteiger partial charge in [0.15, 0.2) is 0 Å². The number of hydrogen-bond donors (Lipinski definition) is 1. The molecule has 0 saturated heterocycles. The lowest BCUT2D eigenvalue weighted by Crippen LogP contribution is -2.32. The van der Waals surface area contributed by atoms with Gasteiger partial charge in [-0.25, -0.2) is 0 Å². The molecule has 0 heterocycles. The van der Waals surface area contributed by atoms with Gasteiger partial charge in [-0.05, 0) is 37.5 Å². The molecule has 0 amide bonds. The second-order valence-electron chi connectivity index (χ2n) is 5.41. The Balaban J connectivity index is 2.44. The van der Waals surface area contributed by atoms with E-state index in [1.165, 1.54) is 6.42 Å². The molecular weight excluding hydrogens is 134 g/mol. The molecule has 0 spiro atoms. The van der Waals surface area contributed by atoms with Crippen LogP contribution in [0, 0.1) is 17.3 Å². The predicted octanol–water partition coefficient (Wildman–Crippen LogP) is 2.41. The standard InChI is InChI=1S/C10H21N/c1-7-8(10(7,4)5)6-9(2,3)11/h7-8H,6,11H2,1-5H3. The van der Waals surface area contributed by atoms with Crippen LogP contribution in [0.25, 0.3) is 0 Å². The summed E-state index contributed by atoms with van der Waals surface area (Å²) in [6.07, 6.45) is 1.17. The molecule has 2 unspecified atom stereocenters. The average molecular weight is 155 g/mol. The van der Waals surface area contributed by atoms with Crippen LogP contribution < -0.4 is 5.73 Å². The van der Waals surface area contributed by atoms with E-state index in [1.807, 2.05) is 0 Å². The summed E-state index contributed by atoms with van der Waals surface area (Å²) < 4.78 is 0. The first-order chi connectivity index (χ1) is 4.75. The molecule has 0 aromatic carbocycles. The molecule has 1 aliphatic rings. The van der Waals surface area contributed by atoms with Gasteiger partial charge in [-0.15, -0.1) is 0 Å². The predicted molar refractivity (Wildman–Crippen MR) is 49.3 cm³/mol. The maximum atomic E-state index is 5.96. The Kier molecular flexibility index (Phi) is 1.83. The fourth-order valence-corrected chi connectivity index (χ4v) is 2.02. The summed E-state index contributed by atoms with van der Waals surface area (Å²) in [5.41, 5.74) is 6.53. The first kappa shape index (κ1) is 9.05. The van der Waals surface area contributed by atoms with E-state index in [9.17, 15) is 0 Å². The number of rotatable bonds is 2. The zero-order valence-corrected chi connectivity index (χ0v) is 8.44. The Labute approximate surface area is 70.4 Å². The number of hydrogen-bond acceptors (Lipinski definition) is 1. The van der Waals surface area contributed by atoms with Gasteiger partial charge in [0.05, 0.1) is 0 Å². The van der Waals surface area contributed by atoms with E-state index in [1.54, 1.807) is 0 Å². The molecule has 1 rings (SSSR count). The summed E-state index contributed by atoms with van der Waals surface area (Å²) in [7, 11) is 0. The van der Waals surface area contributed by atoms with Gasteiger partial charge in [0.1, 0.15) is 0 Å². The Morgan fingerprint density at radius 2 is 1.73 bits per heavy atom. The van der Waals surface area contributed by atoms with Crippen LogP contribution in [0.15, 0.2) is 0 Å². The third-order valence-corrected chi connectivity index (χ3v) is 3.37. The minimum atomic E-state index is 0.0205. The first-order valence-corrected chi connectivity index (χ1v) is 4.54. The lowest BCUT2D eigenvalue weighted by atomic mass is 9.95. The SMILES string of the molecule is CC1C(CC(C)(C)N)C1(C)C. The van der Waals surface area contributed by atoms with E-state index in [0.29, 0.717) is 5.41 Å². The molecule has 0 aromatic heterocycles.